The molecule has 0 spiro atoms. The van der Waals surface area contributed by atoms with Crippen molar-refractivity contribution in [3.8, 4) is 0 Å². The molecule has 0 unspecified atom stereocenters. The van der Waals surface area contributed by atoms with Crippen molar-refractivity contribution in [2.45, 2.75) is 57.2 Å². The van der Waals surface area contributed by atoms with Gasteiger partial charge >= 0.3 is 5.97 Å². The van der Waals surface area contributed by atoms with Gasteiger partial charge in [0.25, 0.3) is 0 Å². The van der Waals surface area contributed by atoms with Crippen LogP contribution < -0.4 is 5.32 Å². The molecule has 1 aromatic carbocycles. The van der Waals surface area contributed by atoms with Gasteiger partial charge in [0.15, 0.2) is 0 Å². The van der Waals surface area contributed by atoms with Crippen LogP contribution in [-0.2, 0) is 25.7 Å². The third kappa shape index (κ3) is 5.61. The standard InChI is InChI=1S/C20H24Cl2N2O4/c1-28-20(27)17(8-12-2-3-12)23-18(25)10-16-4-5-19(26)24(16)11-13-6-14(21)9-15(22)7-13/h6-7,9,12,16-17H,2-5,8,10-11H2,1H3,(H,23,25)/t16-,17-/m0/s1. The van der Waals surface area contributed by atoms with E-state index < -0.39 is 12.0 Å². The predicted molar refractivity (Wildman–Crippen MR) is 106 cm³/mol. The second kappa shape index (κ2) is 9.14. The molecule has 2 amide bonds. The second-order valence-corrected chi connectivity index (χ2v) is 8.39. The smallest absolute Gasteiger partial charge is 0.328 e. The average Bonchev–Trinajstić information content (AvgIpc) is 3.39. The fourth-order valence-corrected chi connectivity index (χ4v) is 4.20. The van der Waals surface area contributed by atoms with Crippen LogP contribution in [0.5, 0.6) is 0 Å². The zero-order valence-corrected chi connectivity index (χ0v) is 17.3. The normalized spacial score (nSPS) is 20.2. The van der Waals surface area contributed by atoms with Crippen LogP contribution in [0.4, 0.5) is 0 Å². The van der Waals surface area contributed by atoms with E-state index in [-0.39, 0.29) is 24.3 Å². The van der Waals surface area contributed by atoms with Crippen LogP contribution in [0, 0.1) is 5.92 Å². The number of hydrogen-bond donors (Lipinski definition) is 1. The first-order chi connectivity index (χ1) is 13.4. The number of methoxy groups -OCH3 is 1. The fourth-order valence-electron chi connectivity index (χ4n) is 3.63. The monoisotopic (exact) mass is 426 g/mol. The molecular weight excluding hydrogens is 403 g/mol. The lowest BCUT2D eigenvalue weighted by Crippen LogP contribution is -2.44. The summed E-state index contributed by atoms with van der Waals surface area (Å²) in [7, 11) is 1.32. The van der Waals surface area contributed by atoms with Gasteiger partial charge in [-0.15, -0.1) is 0 Å². The minimum atomic E-state index is -0.623. The van der Waals surface area contributed by atoms with E-state index >= 15 is 0 Å². The van der Waals surface area contributed by atoms with Crippen molar-refractivity contribution in [2.75, 3.05) is 7.11 Å². The molecule has 0 bridgehead atoms. The van der Waals surface area contributed by atoms with Crippen molar-refractivity contribution in [3.63, 3.8) is 0 Å². The second-order valence-electron chi connectivity index (χ2n) is 7.52. The first kappa shape index (κ1) is 20.9. The van der Waals surface area contributed by atoms with Gasteiger partial charge < -0.3 is 15.0 Å². The van der Waals surface area contributed by atoms with Crippen LogP contribution in [0.2, 0.25) is 10.0 Å². The zero-order valence-electron chi connectivity index (χ0n) is 15.7. The molecule has 8 heteroatoms. The molecule has 0 aromatic heterocycles. The summed E-state index contributed by atoms with van der Waals surface area (Å²) in [4.78, 5) is 38.5. The van der Waals surface area contributed by atoms with Gasteiger partial charge in [0.1, 0.15) is 6.04 Å². The summed E-state index contributed by atoms with van der Waals surface area (Å²) in [6.45, 7) is 0.347. The lowest BCUT2D eigenvalue weighted by molar-refractivity contribution is -0.145. The van der Waals surface area contributed by atoms with Crippen molar-refractivity contribution >= 4 is 41.0 Å². The minimum absolute atomic E-state index is 0.00334. The molecule has 2 aliphatic rings. The Hall–Kier alpha value is -1.79. The van der Waals surface area contributed by atoms with Gasteiger partial charge in [0.05, 0.1) is 7.11 Å². The highest BCUT2D eigenvalue weighted by molar-refractivity contribution is 6.34. The molecule has 28 heavy (non-hydrogen) atoms. The molecule has 1 aliphatic heterocycles. The van der Waals surface area contributed by atoms with Crippen molar-refractivity contribution in [1.29, 1.82) is 0 Å². The van der Waals surface area contributed by atoms with Gasteiger partial charge in [0.2, 0.25) is 11.8 Å². The first-order valence-electron chi connectivity index (χ1n) is 9.47. The molecule has 0 radical (unpaired) electrons. The Balaban J connectivity index is 1.61. The third-order valence-corrected chi connectivity index (χ3v) is 5.67. The average molecular weight is 427 g/mol. The van der Waals surface area contributed by atoms with Crippen molar-refractivity contribution in [2.24, 2.45) is 5.92 Å². The van der Waals surface area contributed by atoms with Gasteiger partial charge in [0, 0.05) is 35.5 Å². The molecule has 2 atom stereocenters. The van der Waals surface area contributed by atoms with Crippen LogP contribution in [0.1, 0.15) is 44.1 Å². The van der Waals surface area contributed by atoms with Crippen LogP contribution in [-0.4, -0.2) is 41.9 Å². The van der Waals surface area contributed by atoms with E-state index in [1.165, 1.54) is 7.11 Å². The van der Waals surface area contributed by atoms with Gasteiger partial charge in [-0.2, -0.15) is 0 Å². The summed E-state index contributed by atoms with van der Waals surface area (Å²) in [6, 6.07) is 4.32. The number of amides is 2. The minimum Gasteiger partial charge on any atom is -0.467 e. The quantitative estimate of drug-likeness (QED) is 0.646. The van der Waals surface area contributed by atoms with E-state index in [4.69, 9.17) is 27.9 Å². The summed E-state index contributed by atoms with van der Waals surface area (Å²) >= 11 is 12.1. The van der Waals surface area contributed by atoms with E-state index in [1.54, 1.807) is 23.1 Å². The molecule has 1 aromatic rings. The molecule has 1 saturated heterocycles. The van der Waals surface area contributed by atoms with Crippen LogP contribution in [0.15, 0.2) is 18.2 Å². The topological polar surface area (TPSA) is 75.7 Å². The molecule has 1 heterocycles. The third-order valence-electron chi connectivity index (χ3n) is 5.24. The number of carbonyl (C=O) groups excluding carboxylic acids is 3. The first-order valence-corrected chi connectivity index (χ1v) is 10.2. The van der Waals surface area contributed by atoms with E-state index in [0.717, 1.165) is 18.4 Å². The number of benzene rings is 1. The SMILES string of the molecule is COC(=O)[C@H](CC1CC1)NC(=O)C[C@@H]1CCC(=O)N1Cc1cc(Cl)cc(Cl)c1. The molecule has 6 nitrogen and oxygen atoms in total. The number of rotatable bonds is 8. The Kier molecular flexibility index (Phi) is 6.83. The number of nitrogens with one attached hydrogen (secondary N) is 1. The molecular formula is C20H24Cl2N2O4. The van der Waals surface area contributed by atoms with E-state index in [1.807, 2.05) is 0 Å². The highest BCUT2D eigenvalue weighted by Crippen LogP contribution is 2.34. The number of esters is 1. The Bertz CT molecular complexity index is 746. The van der Waals surface area contributed by atoms with E-state index in [9.17, 15) is 14.4 Å². The van der Waals surface area contributed by atoms with Crippen molar-refractivity contribution in [3.05, 3.63) is 33.8 Å². The summed E-state index contributed by atoms with van der Waals surface area (Å²) in [5.74, 6) is -0.198. The van der Waals surface area contributed by atoms with Crippen LogP contribution >= 0.6 is 23.2 Å². The zero-order chi connectivity index (χ0) is 20.3. The molecule has 1 aliphatic carbocycles. The van der Waals surface area contributed by atoms with Gasteiger partial charge in [-0.3, -0.25) is 9.59 Å². The number of ether oxygens (including phenoxy) is 1. The number of hydrogen-bond acceptors (Lipinski definition) is 4. The lowest BCUT2D eigenvalue weighted by atomic mass is 10.1. The molecule has 152 valence electrons. The molecule has 2 fully saturated rings. The number of nitrogens with zero attached hydrogens (tertiary/aromatic N) is 1. The summed E-state index contributed by atoms with van der Waals surface area (Å²) in [5, 5.41) is 3.80. The van der Waals surface area contributed by atoms with Crippen molar-refractivity contribution in [1.82, 2.24) is 10.2 Å². The number of likely N-dealkylation sites (tertiary alicyclic amines) is 1. The highest BCUT2D eigenvalue weighted by Gasteiger charge is 2.35. The Morgan fingerprint density at radius 2 is 1.89 bits per heavy atom. The van der Waals surface area contributed by atoms with Crippen LogP contribution in [0.3, 0.4) is 0 Å². The van der Waals surface area contributed by atoms with Gasteiger partial charge in [-0.1, -0.05) is 36.0 Å². The highest BCUT2D eigenvalue weighted by atomic mass is 35.5. The van der Waals surface area contributed by atoms with E-state index in [2.05, 4.69) is 5.32 Å². The predicted octanol–water partition coefficient (Wildman–Crippen LogP) is 3.33. The Labute approximate surface area is 174 Å². The largest absolute Gasteiger partial charge is 0.467 e. The maximum atomic E-state index is 12.5. The number of halogens is 2. The maximum Gasteiger partial charge on any atom is 0.328 e. The Morgan fingerprint density at radius 3 is 2.50 bits per heavy atom. The summed E-state index contributed by atoms with van der Waals surface area (Å²) in [5.41, 5.74) is 0.819. The summed E-state index contributed by atoms with van der Waals surface area (Å²) in [6.07, 6.45) is 3.92. The van der Waals surface area contributed by atoms with Crippen molar-refractivity contribution < 1.29 is 19.1 Å². The van der Waals surface area contributed by atoms with Gasteiger partial charge in [-0.25, -0.2) is 4.79 Å². The number of carbonyl (C=O) groups is 3. The lowest BCUT2D eigenvalue weighted by Gasteiger charge is -2.25. The molecule has 1 saturated carbocycles. The molecule has 1 N–H and O–H groups in total. The molecule has 3 rings (SSSR count). The van der Waals surface area contributed by atoms with Gasteiger partial charge in [-0.05, 0) is 42.5 Å². The Morgan fingerprint density at radius 1 is 1.21 bits per heavy atom. The summed E-state index contributed by atoms with van der Waals surface area (Å²) < 4.78 is 4.81. The fraction of sp³-hybridized carbons (Fsp3) is 0.550. The van der Waals surface area contributed by atoms with E-state index in [0.29, 0.717) is 41.8 Å². The van der Waals surface area contributed by atoms with Crippen LogP contribution in [0.25, 0.3) is 0 Å². The maximum absolute atomic E-state index is 12.5.